The van der Waals surface area contributed by atoms with Gasteiger partial charge in [0.15, 0.2) is 0 Å². The van der Waals surface area contributed by atoms with Gasteiger partial charge in [0.2, 0.25) is 0 Å². The summed E-state index contributed by atoms with van der Waals surface area (Å²) in [5, 5.41) is 0. The molecule has 0 aromatic heterocycles. The molecule has 0 amide bonds. The number of nitrogen functional groups attached to an aromatic ring is 1. The van der Waals surface area contributed by atoms with Crippen molar-refractivity contribution in [3.63, 3.8) is 0 Å². The quantitative estimate of drug-likeness (QED) is 0.772. The number of rotatable bonds is 5. The summed E-state index contributed by atoms with van der Waals surface area (Å²) in [5.74, 6) is 0. The average molecular weight is 221 g/mol. The molecule has 1 rings (SSSR count). The van der Waals surface area contributed by atoms with Crippen LogP contribution in [-0.2, 0) is 0 Å². The Morgan fingerprint density at radius 3 is 2.38 bits per heavy atom. The molecule has 3 nitrogen and oxygen atoms in total. The van der Waals surface area contributed by atoms with Crippen molar-refractivity contribution in [2.24, 2.45) is 0 Å². The van der Waals surface area contributed by atoms with Crippen molar-refractivity contribution >= 4 is 11.4 Å². The monoisotopic (exact) mass is 221 g/mol. The molecule has 0 saturated heterocycles. The fourth-order valence-corrected chi connectivity index (χ4v) is 1.85. The highest BCUT2D eigenvalue weighted by atomic mass is 15.1. The van der Waals surface area contributed by atoms with Crippen LogP contribution < -0.4 is 10.6 Å². The van der Waals surface area contributed by atoms with Crippen LogP contribution in [0.25, 0.3) is 0 Å². The lowest BCUT2D eigenvalue weighted by molar-refractivity contribution is 0.401. The van der Waals surface area contributed by atoms with Crippen LogP contribution in [0.3, 0.4) is 0 Å². The minimum atomic E-state index is 0.836. The second kappa shape index (κ2) is 5.75. The number of hydrogen-bond donors (Lipinski definition) is 1. The van der Waals surface area contributed by atoms with Gasteiger partial charge in [0, 0.05) is 25.0 Å². The zero-order valence-corrected chi connectivity index (χ0v) is 10.8. The van der Waals surface area contributed by atoms with Crippen molar-refractivity contribution in [1.29, 1.82) is 0 Å². The van der Waals surface area contributed by atoms with E-state index in [9.17, 15) is 0 Å². The fraction of sp³-hybridized carbons (Fsp3) is 0.538. The Labute approximate surface area is 98.8 Å². The first-order valence-electron chi connectivity index (χ1n) is 5.72. The maximum Gasteiger partial charge on any atom is 0.0394 e. The van der Waals surface area contributed by atoms with Crippen molar-refractivity contribution in [3.05, 3.63) is 23.8 Å². The van der Waals surface area contributed by atoms with Crippen LogP contribution in [0, 0.1) is 6.92 Å². The molecule has 0 aliphatic rings. The molecule has 0 fully saturated rings. The van der Waals surface area contributed by atoms with Gasteiger partial charge < -0.3 is 15.5 Å². The Morgan fingerprint density at radius 1 is 1.12 bits per heavy atom. The maximum absolute atomic E-state index is 5.74. The molecule has 0 atom stereocenters. The highest BCUT2D eigenvalue weighted by Crippen LogP contribution is 2.21. The Bertz CT molecular complexity index is 334. The highest BCUT2D eigenvalue weighted by molar-refractivity contribution is 5.58. The maximum atomic E-state index is 5.74. The first kappa shape index (κ1) is 12.8. The summed E-state index contributed by atoms with van der Waals surface area (Å²) < 4.78 is 0. The molecule has 1 aromatic carbocycles. The van der Waals surface area contributed by atoms with Gasteiger partial charge in [0.1, 0.15) is 0 Å². The molecular formula is C13H23N3. The standard InChI is InChI=1S/C13H23N3/c1-11-10-12(14)6-7-13(11)16(4)9-5-8-15(2)3/h6-7,10H,5,8-9,14H2,1-4H3. The minimum absolute atomic E-state index is 0.836. The lowest BCUT2D eigenvalue weighted by Gasteiger charge is -2.22. The molecule has 90 valence electrons. The van der Waals surface area contributed by atoms with Crippen LogP contribution in [0.4, 0.5) is 11.4 Å². The predicted molar refractivity (Wildman–Crippen MR) is 72.0 cm³/mol. The molecule has 0 radical (unpaired) electrons. The normalized spacial score (nSPS) is 10.8. The summed E-state index contributed by atoms with van der Waals surface area (Å²) in [7, 11) is 6.34. The third-order valence-electron chi connectivity index (χ3n) is 2.73. The minimum Gasteiger partial charge on any atom is -0.399 e. The van der Waals surface area contributed by atoms with Gasteiger partial charge in [0.05, 0.1) is 0 Å². The largest absolute Gasteiger partial charge is 0.399 e. The lowest BCUT2D eigenvalue weighted by Crippen LogP contribution is -2.23. The third kappa shape index (κ3) is 3.74. The highest BCUT2D eigenvalue weighted by Gasteiger charge is 2.04. The number of aryl methyl sites for hydroxylation is 1. The van der Waals surface area contributed by atoms with Gasteiger partial charge in [-0.15, -0.1) is 0 Å². The number of hydrogen-bond acceptors (Lipinski definition) is 3. The van der Waals surface area contributed by atoms with Crippen LogP contribution in [0.2, 0.25) is 0 Å². The van der Waals surface area contributed by atoms with E-state index >= 15 is 0 Å². The molecule has 0 unspecified atom stereocenters. The molecule has 1 aromatic rings. The molecule has 2 N–H and O–H groups in total. The summed E-state index contributed by atoms with van der Waals surface area (Å²) in [6.07, 6.45) is 1.17. The van der Waals surface area contributed by atoms with Gasteiger partial charge in [-0.2, -0.15) is 0 Å². The molecule has 0 spiro atoms. The van der Waals surface area contributed by atoms with Gasteiger partial charge in [-0.1, -0.05) is 0 Å². The SMILES string of the molecule is Cc1cc(N)ccc1N(C)CCCN(C)C. The van der Waals surface area contributed by atoms with Crippen LogP contribution in [-0.4, -0.2) is 39.1 Å². The first-order chi connectivity index (χ1) is 7.50. The second-order valence-corrected chi connectivity index (χ2v) is 4.62. The zero-order valence-electron chi connectivity index (χ0n) is 10.8. The van der Waals surface area contributed by atoms with Gasteiger partial charge >= 0.3 is 0 Å². The van der Waals surface area contributed by atoms with E-state index in [1.807, 2.05) is 12.1 Å². The number of benzene rings is 1. The van der Waals surface area contributed by atoms with Crippen LogP contribution in [0.1, 0.15) is 12.0 Å². The topological polar surface area (TPSA) is 32.5 Å². The van der Waals surface area contributed by atoms with E-state index in [0.717, 1.165) is 18.8 Å². The van der Waals surface area contributed by atoms with E-state index in [0.29, 0.717) is 0 Å². The number of nitrogens with two attached hydrogens (primary N) is 1. The fourth-order valence-electron chi connectivity index (χ4n) is 1.85. The van der Waals surface area contributed by atoms with E-state index in [4.69, 9.17) is 5.73 Å². The van der Waals surface area contributed by atoms with E-state index in [1.54, 1.807) is 0 Å². The van der Waals surface area contributed by atoms with E-state index in [2.05, 4.69) is 43.9 Å². The van der Waals surface area contributed by atoms with Crippen molar-refractivity contribution < 1.29 is 0 Å². The molecule has 16 heavy (non-hydrogen) atoms. The Kier molecular flexibility index (Phi) is 4.62. The summed E-state index contributed by atoms with van der Waals surface area (Å²) in [5.41, 5.74) is 9.09. The van der Waals surface area contributed by atoms with Gasteiger partial charge in [-0.25, -0.2) is 0 Å². The van der Waals surface area contributed by atoms with E-state index in [1.165, 1.54) is 17.7 Å². The molecule has 0 bridgehead atoms. The number of nitrogens with zero attached hydrogens (tertiary/aromatic N) is 2. The average Bonchev–Trinajstić information content (AvgIpc) is 2.16. The summed E-state index contributed by atoms with van der Waals surface area (Å²) in [4.78, 5) is 4.50. The molecule has 0 heterocycles. The molecular weight excluding hydrogens is 198 g/mol. The Morgan fingerprint density at radius 2 is 1.81 bits per heavy atom. The molecule has 0 saturated carbocycles. The molecule has 0 aliphatic carbocycles. The summed E-state index contributed by atoms with van der Waals surface area (Å²) in [6, 6.07) is 6.09. The van der Waals surface area contributed by atoms with Crippen molar-refractivity contribution in [2.45, 2.75) is 13.3 Å². The molecule has 0 aliphatic heterocycles. The lowest BCUT2D eigenvalue weighted by atomic mass is 10.1. The van der Waals surface area contributed by atoms with E-state index in [-0.39, 0.29) is 0 Å². The van der Waals surface area contributed by atoms with Crippen LogP contribution in [0.15, 0.2) is 18.2 Å². The first-order valence-corrected chi connectivity index (χ1v) is 5.72. The predicted octanol–water partition coefficient (Wildman–Crippen LogP) is 1.97. The number of anilines is 2. The zero-order chi connectivity index (χ0) is 12.1. The van der Waals surface area contributed by atoms with E-state index < -0.39 is 0 Å². The van der Waals surface area contributed by atoms with Gasteiger partial charge in [-0.3, -0.25) is 0 Å². The van der Waals surface area contributed by atoms with Crippen LogP contribution >= 0.6 is 0 Å². The van der Waals surface area contributed by atoms with Gasteiger partial charge in [0.25, 0.3) is 0 Å². The van der Waals surface area contributed by atoms with Crippen LogP contribution in [0.5, 0.6) is 0 Å². The van der Waals surface area contributed by atoms with Crippen molar-refractivity contribution in [1.82, 2.24) is 4.90 Å². The summed E-state index contributed by atoms with van der Waals surface area (Å²) in [6.45, 7) is 4.30. The van der Waals surface area contributed by atoms with Crippen molar-refractivity contribution in [2.75, 3.05) is 44.9 Å². The van der Waals surface area contributed by atoms with Crippen molar-refractivity contribution in [3.8, 4) is 0 Å². The molecule has 3 heteroatoms. The third-order valence-corrected chi connectivity index (χ3v) is 2.73. The summed E-state index contributed by atoms with van der Waals surface area (Å²) >= 11 is 0. The second-order valence-electron chi connectivity index (χ2n) is 4.62. The Hall–Kier alpha value is -1.22. The smallest absolute Gasteiger partial charge is 0.0394 e. The van der Waals surface area contributed by atoms with Gasteiger partial charge in [-0.05, 0) is 57.7 Å². The Balaban J connectivity index is 2.55.